The molecule has 1 unspecified atom stereocenters. The van der Waals surface area contributed by atoms with Crippen LogP contribution in [0.25, 0.3) is 0 Å². The lowest BCUT2D eigenvalue weighted by molar-refractivity contribution is 0.622. The Hall–Kier alpha value is -0.850. The molecule has 1 heterocycles. The van der Waals surface area contributed by atoms with Crippen molar-refractivity contribution in [3.8, 4) is 0 Å². The summed E-state index contributed by atoms with van der Waals surface area (Å²) in [6, 6.07) is 4.45. The zero-order valence-corrected chi connectivity index (χ0v) is 8.67. The van der Waals surface area contributed by atoms with Crippen molar-refractivity contribution in [1.82, 2.24) is 4.98 Å². The van der Waals surface area contributed by atoms with Crippen LogP contribution in [0.1, 0.15) is 43.6 Å². The molecule has 0 fully saturated rings. The highest BCUT2D eigenvalue weighted by atomic mass is 14.7. The van der Waals surface area contributed by atoms with Crippen molar-refractivity contribution in [2.45, 2.75) is 39.5 Å². The molecule has 2 rings (SSSR count). The Morgan fingerprint density at radius 1 is 1.31 bits per heavy atom. The van der Waals surface area contributed by atoms with E-state index in [0.717, 1.165) is 5.92 Å². The van der Waals surface area contributed by atoms with Crippen LogP contribution in [0.15, 0.2) is 12.1 Å². The Morgan fingerprint density at radius 2 is 2.08 bits per heavy atom. The fraction of sp³-hybridized carbons (Fsp3) is 0.583. The fourth-order valence-electron chi connectivity index (χ4n) is 2.01. The van der Waals surface area contributed by atoms with Gasteiger partial charge in [-0.15, -0.1) is 0 Å². The minimum absolute atomic E-state index is 0.557. The molecular formula is C12H17N. The maximum Gasteiger partial charge on any atom is 0.0441 e. The molecule has 1 atom stereocenters. The van der Waals surface area contributed by atoms with E-state index in [1.807, 2.05) is 0 Å². The first-order valence-corrected chi connectivity index (χ1v) is 5.15. The van der Waals surface area contributed by atoms with Crippen LogP contribution in [0.5, 0.6) is 0 Å². The summed E-state index contributed by atoms with van der Waals surface area (Å²) >= 11 is 0. The molecule has 0 bridgehead atoms. The number of aromatic nitrogens is 1. The van der Waals surface area contributed by atoms with E-state index in [1.165, 1.54) is 29.8 Å². The smallest absolute Gasteiger partial charge is 0.0441 e. The molecule has 70 valence electrons. The normalized spacial score (nSPS) is 20.8. The number of hydrogen-bond donors (Lipinski definition) is 0. The van der Waals surface area contributed by atoms with Crippen LogP contribution in [0.4, 0.5) is 0 Å². The van der Waals surface area contributed by atoms with Crippen LogP contribution in [0.3, 0.4) is 0 Å². The largest absolute Gasteiger partial charge is 0.257 e. The molecule has 0 N–H and O–H groups in total. The van der Waals surface area contributed by atoms with Crippen LogP contribution in [-0.2, 0) is 12.8 Å². The van der Waals surface area contributed by atoms with E-state index in [9.17, 15) is 0 Å². The quantitative estimate of drug-likeness (QED) is 0.639. The predicted molar refractivity (Wildman–Crippen MR) is 54.9 cm³/mol. The van der Waals surface area contributed by atoms with Crippen LogP contribution < -0.4 is 0 Å². The number of rotatable bonds is 1. The van der Waals surface area contributed by atoms with Gasteiger partial charge in [0.05, 0.1) is 0 Å². The molecule has 0 aliphatic heterocycles. The van der Waals surface area contributed by atoms with Gasteiger partial charge in [0.2, 0.25) is 0 Å². The van der Waals surface area contributed by atoms with Crippen molar-refractivity contribution >= 4 is 0 Å². The highest BCUT2D eigenvalue weighted by Gasteiger charge is 2.19. The SMILES string of the molecule is CC1Cc2ccc(C(C)C)nc2C1. The zero-order chi connectivity index (χ0) is 9.42. The van der Waals surface area contributed by atoms with Crippen molar-refractivity contribution in [2.24, 2.45) is 5.92 Å². The third-order valence-electron chi connectivity index (χ3n) is 2.79. The van der Waals surface area contributed by atoms with Gasteiger partial charge in [0.15, 0.2) is 0 Å². The van der Waals surface area contributed by atoms with E-state index in [1.54, 1.807) is 0 Å². The van der Waals surface area contributed by atoms with Gasteiger partial charge in [-0.05, 0) is 36.3 Å². The summed E-state index contributed by atoms with van der Waals surface area (Å²) < 4.78 is 0. The standard InChI is InChI=1S/C12H17N/c1-8(2)11-5-4-10-6-9(3)7-12(10)13-11/h4-5,8-9H,6-7H2,1-3H3. The number of nitrogens with zero attached hydrogens (tertiary/aromatic N) is 1. The van der Waals surface area contributed by atoms with Crippen molar-refractivity contribution < 1.29 is 0 Å². The molecule has 0 saturated carbocycles. The second kappa shape index (κ2) is 3.13. The van der Waals surface area contributed by atoms with Crippen LogP contribution in [0.2, 0.25) is 0 Å². The van der Waals surface area contributed by atoms with Gasteiger partial charge in [-0.2, -0.15) is 0 Å². The van der Waals surface area contributed by atoms with E-state index in [-0.39, 0.29) is 0 Å². The summed E-state index contributed by atoms with van der Waals surface area (Å²) in [5.74, 6) is 1.35. The van der Waals surface area contributed by atoms with Crippen LogP contribution >= 0.6 is 0 Å². The first kappa shape index (κ1) is 8.74. The first-order chi connectivity index (χ1) is 6.16. The lowest BCUT2D eigenvalue weighted by atomic mass is 10.1. The third-order valence-corrected chi connectivity index (χ3v) is 2.79. The van der Waals surface area contributed by atoms with Crippen molar-refractivity contribution in [1.29, 1.82) is 0 Å². The molecule has 1 aromatic heterocycles. The summed E-state index contributed by atoms with van der Waals surface area (Å²) in [4.78, 5) is 4.70. The van der Waals surface area contributed by atoms with Gasteiger partial charge in [-0.25, -0.2) is 0 Å². The highest BCUT2D eigenvalue weighted by Crippen LogP contribution is 2.26. The van der Waals surface area contributed by atoms with E-state index in [0.29, 0.717) is 5.92 Å². The Morgan fingerprint density at radius 3 is 2.77 bits per heavy atom. The fourth-order valence-corrected chi connectivity index (χ4v) is 2.01. The lowest BCUT2D eigenvalue weighted by Gasteiger charge is -2.06. The summed E-state index contributed by atoms with van der Waals surface area (Å²) in [6.07, 6.45) is 2.40. The van der Waals surface area contributed by atoms with Gasteiger partial charge in [0, 0.05) is 11.4 Å². The molecule has 0 aromatic carbocycles. The van der Waals surface area contributed by atoms with E-state index < -0.39 is 0 Å². The average Bonchev–Trinajstić information content (AvgIpc) is 2.42. The molecule has 13 heavy (non-hydrogen) atoms. The highest BCUT2D eigenvalue weighted by molar-refractivity contribution is 5.28. The second-order valence-corrected chi connectivity index (χ2v) is 4.51. The molecule has 1 heteroatoms. The van der Waals surface area contributed by atoms with Gasteiger partial charge >= 0.3 is 0 Å². The first-order valence-electron chi connectivity index (χ1n) is 5.15. The Kier molecular flexibility index (Phi) is 2.10. The number of fused-ring (bicyclic) bond motifs is 1. The molecule has 0 spiro atoms. The summed E-state index contributed by atoms with van der Waals surface area (Å²) in [5, 5.41) is 0. The topological polar surface area (TPSA) is 12.9 Å². The monoisotopic (exact) mass is 175 g/mol. The molecule has 1 aliphatic rings. The van der Waals surface area contributed by atoms with E-state index in [2.05, 4.69) is 32.9 Å². The second-order valence-electron chi connectivity index (χ2n) is 4.51. The summed E-state index contributed by atoms with van der Waals surface area (Å²) in [7, 11) is 0. The van der Waals surface area contributed by atoms with Crippen molar-refractivity contribution in [3.05, 3.63) is 29.1 Å². The van der Waals surface area contributed by atoms with Crippen LogP contribution in [0, 0.1) is 5.92 Å². The number of pyridine rings is 1. The Bertz CT molecular complexity index is 315. The molecule has 0 radical (unpaired) electrons. The van der Waals surface area contributed by atoms with Crippen molar-refractivity contribution in [3.63, 3.8) is 0 Å². The molecule has 1 nitrogen and oxygen atoms in total. The van der Waals surface area contributed by atoms with E-state index >= 15 is 0 Å². The van der Waals surface area contributed by atoms with Gasteiger partial charge in [-0.3, -0.25) is 4.98 Å². The minimum Gasteiger partial charge on any atom is -0.257 e. The van der Waals surface area contributed by atoms with E-state index in [4.69, 9.17) is 4.98 Å². The molecule has 0 saturated heterocycles. The molecular weight excluding hydrogens is 158 g/mol. The predicted octanol–water partition coefficient (Wildman–Crippen LogP) is 2.94. The van der Waals surface area contributed by atoms with Gasteiger partial charge in [0.1, 0.15) is 0 Å². The summed E-state index contributed by atoms with van der Waals surface area (Å²) in [6.45, 7) is 6.71. The maximum atomic E-state index is 4.70. The zero-order valence-electron chi connectivity index (χ0n) is 8.67. The average molecular weight is 175 g/mol. The molecule has 0 amide bonds. The third kappa shape index (κ3) is 1.60. The Labute approximate surface area is 80.2 Å². The Balaban J connectivity index is 2.35. The van der Waals surface area contributed by atoms with Gasteiger partial charge < -0.3 is 0 Å². The summed E-state index contributed by atoms with van der Waals surface area (Å²) in [5.41, 5.74) is 4.06. The molecule has 1 aromatic rings. The van der Waals surface area contributed by atoms with Crippen LogP contribution in [-0.4, -0.2) is 4.98 Å². The lowest BCUT2D eigenvalue weighted by Crippen LogP contribution is -1.97. The number of hydrogen-bond acceptors (Lipinski definition) is 1. The minimum atomic E-state index is 0.557. The van der Waals surface area contributed by atoms with Gasteiger partial charge in [0.25, 0.3) is 0 Å². The van der Waals surface area contributed by atoms with Crippen molar-refractivity contribution in [2.75, 3.05) is 0 Å². The molecule has 1 aliphatic carbocycles. The maximum absolute atomic E-state index is 4.70. The van der Waals surface area contributed by atoms with Gasteiger partial charge in [-0.1, -0.05) is 26.8 Å².